The third-order valence-electron chi connectivity index (χ3n) is 5.94. The molecule has 2 saturated heterocycles. The molecule has 0 bridgehead atoms. The molecule has 3 heterocycles. The Hall–Kier alpha value is -2.38. The number of rotatable bonds is 4. The molecular formula is C21H25ClN4O3. The molecule has 2 aliphatic heterocycles. The van der Waals surface area contributed by atoms with Crippen molar-refractivity contribution in [3.8, 4) is 0 Å². The van der Waals surface area contributed by atoms with Gasteiger partial charge >= 0.3 is 0 Å². The summed E-state index contributed by atoms with van der Waals surface area (Å²) in [6.45, 7) is 6.99. The van der Waals surface area contributed by atoms with E-state index in [2.05, 4.69) is 10.1 Å². The van der Waals surface area contributed by atoms with Crippen molar-refractivity contribution in [2.24, 2.45) is 0 Å². The van der Waals surface area contributed by atoms with Gasteiger partial charge in [-0.15, -0.1) is 0 Å². The summed E-state index contributed by atoms with van der Waals surface area (Å²) < 4.78 is 5.15. The highest BCUT2D eigenvalue weighted by molar-refractivity contribution is 6.33. The first-order valence-electron chi connectivity index (χ1n) is 9.95. The number of aromatic nitrogens is 1. The molecule has 2 amide bonds. The number of para-hydroxylation sites is 1. The molecule has 2 aromatic rings. The normalized spacial score (nSPS) is 20.5. The van der Waals surface area contributed by atoms with Gasteiger partial charge in [-0.2, -0.15) is 0 Å². The molecule has 1 aromatic carbocycles. The van der Waals surface area contributed by atoms with Gasteiger partial charge in [0, 0.05) is 38.3 Å². The van der Waals surface area contributed by atoms with Crippen LogP contribution in [0.15, 0.2) is 28.8 Å². The Balaban J connectivity index is 1.35. The summed E-state index contributed by atoms with van der Waals surface area (Å²) in [4.78, 5) is 31.5. The summed E-state index contributed by atoms with van der Waals surface area (Å²) in [5.41, 5.74) is 2.42. The Kier molecular flexibility index (Phi) is 5.61. The van der Waals surface area contributed by atoms with Crippen molar-refractivity contribution in [3.63, 3.8) is 0 Å². The average molecular weight is 417 g/mol. The third kappa shape index (κ3) is 3.89. The maximum absolute atomic E-state index is 13.0. The lowest BCUT2D eigenvalue weighted by atomic mass is 10.1. The van der Waals surface area contributed by atoms with Gasteiger partial charge in [0.25, 0.3) is 0 Å². The molecule has 4 rings (SSSR count). The number of anilines is 1. The minimum Gasteiger partial charge on any atom is -0.361 e. The van der Waals surface area contributed by atoms with Gasteiger partial charge in [0.15, 0.2) is 0 Å². The molecule has 2 aliphatic rings. The van der Waals surface area contributed by atoms with Crippen LogP contribution in [0.2, 0.25) is 5.02 Å². The molecule has 0 aliphatic carbocycles. The van der Waals surface area contributed by atoms with Gasteiger partial charge in [-0.25, -0.2) is 0 Å². The van der Waals surface area contributed by atoms with E-state index in [0.717, 1.165) is 23.4 Å². The number of nitrogens with zero attached hydrogens (tertiary/aromatic N) is 4. The first kappa shape index (κ1) is 19.9. The minimum atomic E-state index is -0.147. The van der Waals surface area contributed by atoms with Crippen molar-refractivity contribution in [3.05, 3.63) is 46.3 Å². The SMILES string of the molecule is Cc1noc(C)c1CC(=O)N1CCN(C2CCN(c3ccccc3Cl)C2=O)CC1. The number of carbonyl (C=O) groups is 2. The molecule has 0 N–H and O–H groups in total. The predicted molar refractivity (Wildman–Crippen MR) is 110 cm³/mol. The number of aryl methyl sites for hydroxylation is 2. The second-order valence-corrected chi connectivity index (χ2v) is 8.05. The van der Waals surface area contributed by atoms with E-state index in [1.807, 2.05) is 36.9 Å². The van der Waals surface area contributed by atoms with Gasteiger partial charge in [0.2, 0.25) is 11.8 Å². The number of amides is 2. The van der Waals surface area contributed by atoms with Crippen LogP contribution in [0.5, 0.6) is 0 Å². The second-order valence-electron chi connectivity index (χ2n) is 7.64. The zero-order valence-electron chi connectivity index (χ0n) is 16.7. The van der Waals surface area contributed by atoms with Gasteiger partial charge in [-0.05, 0) is 32.4 Å². The lowest BCUT2D eigenvalue weighted by Gasteiger charge is -2.37. The van der Waals surface area contributed by atoms with E-state index in [-0.39, 0.29) is 17.9 Å². The predicted octanol–water partition coefficient (Wildman–Crippen LogP) is 2.44. The topological polar surface area (TPSA) is 69.9 Å². The number of halogens is 1. The van der Waals surface area contributed by atoms with Crippen molar-refractivity contribution < 1.29 is 14.1 Å². The first-order valence-corrected chi connectivity index (χ1v) is 10.3. The Labute approximate surface area is 175 Å². The van der Waals surface area contributed by atoms with Crippen LogP contribution in [-0.2, 0) is 16.0 Å². The molecule has 1 atom stereocenters. The van der Waals surface area contributed by atoms with E-state index in [1.54, 1.807) is 11.0 Å². The molecule has 0 spiro atoms. The maximum Gasteiger partial charge on any atom is 0.244 e. The van der Waals surface area contributed by atoms with Crippen LogP contribution >= 0.6 is 11.6 Å². The zero-order valence-corrected chi connectivity index (χ0v) is 17.5. The summed E-state index contributed by atoms with van der Waals surface area (Å²) in [6, 6.07) is 7.30. The number of piperazine rings is 1. The Bertz CT molecular complexity index is 901. The molecule has 1 unspecified atom stereocenters. The first-order chi connectivity index (χ1) is 14.0. The molecule has 1 aromatic heterocycles. The monoisotopic (exact) mass is 416 g/mol. The molecule has 8 heteroatoms. The van der Waals surface area contributed by atoms with Gasteiger partial charge in [-0.3, -0.25) is 14.5 Å². The van der Waals surface area contributed by atoms with Crippen molar-refractivity contribution >= 4 is 29.1 Å². The van der Waals surface area contributed by atoms with Crippen LogP contribution in [0.4, 0.5) is 5.69 Å². The molecule has 154 valence electrons. The molecule has 0 saturated carbocycles. The molecular weight excluding hydrogens is 392 g/mol. The highest BCUT2D eigenvalue weighted by Crippen LogP contribution is 2.30. The van der Waals surface area contributed by atoms with E-state index >= 15 is 0 Å². The van der Waals surface area contributed by atoms with Crippen LogP contribution in [0.1, 0.15) is 23.4 Å². The van der Waals surface area contributed by atoms with Crippen molar-refractivity contribution in [2.75, 3.05) is 37.6 Å². The van der Waals surface area contributed by atoms with E-state index in [9.17, 15) is 9.59 Å². The largest absolute Gasteiger partial charge is 0.361 e. The number of benzene rings is 1. The van der Waals surface area contributed by atoms with Crippen LogP contribution in [-0.4, -0.2) is 65.5 Å². The Morgan fingerprint density at radius 3 is 2.55 bits per heavy atom. The fourth-order valence-electron chi connectivity index (χ4n) is 4.21. The van der Waals surface area contributed by atoms with Crippen LogP contribution < -0.4 is 4.90 Å². The van der Waals surface area contributed by atoms with Crippen LogP contribution in [0, 0.1) is 13.8 Å². The van der Waals surface area contributed by atoms with Crippen molar-refractivity contribution in [1.82, 2.24) is 15.0 Å². The molecule has 2 fully saturated rings. The minimum absolute atomic E-state index is 0.0782. The lowest BCUT2D eigenvalue weighted by Crippen LogP contribution is -2.54. The number of hydrogen-bond acceptors (Lipinski definition) is 5. The van der Waals surface area contributed by atoms with E-state index in [4.69, 9.17) is 16.1 Å². The smallest absolute Gasteiger partial charge is 0.244 e. The highest BCUT2D eigenvalue weighted by atomic mass is 35.5. The standard InChI is InChI=1S/C21H25ClN4O3/c1-14-16(15(2)29-23-14)13-20(27)25-11-9-24(10-12-25)19-7-8-26(21(19)28)18-6-4-3-5-17(18)22/h3-6,19H,7-13H2,1-2H3. The maximum atomic E-state index is 13.0. The molecule has 7 nitrogen and oxygen atoms in total. The van der Waals surface area contributed by atoms with Crippen LogP contribution in [0.25, 0.3) is 0 Å². The fourth-order valence-corrected chi connectivity index (χ4v) is 4.45. The highest BCUT2D eigenvalue weighted by Gasteiger charge is 2.38. The number of carbonyl (C=O) groups excluding carboxylic acids is 2. The summed E-state index contributed by atoms with van der Waals surface area (Å²) in [7, 11) is 0. The van der Waals surface area contributed by atoms with E-state index < -0.39 is 0 Å². The Morgan fingerprint density at radius 2 is 1.90 bits per heavy atom. The second kappa shape index (κ2) is 8.16. The number of hydrogen-bond donors (Lipinski definition) is 0. The van der Waals surface area contributed by atoms with E-state index in [1.165, 1.54) is 0 Å². The van der Waals surface area contributed by atoms with Gasteiger partial charge < -0.3 is 14.3 Å². The van der Waals surface area contributed by atoms with Crippen molar-refractivity contribution in [1.29, 1.82) is 0 Å². The van der Waals surface area contributed by atoms with E-state index in [0.29, 0.717) is 49.9 Å². The lowest BCUT2D eigenvalue weighted by molar-refractivity contribution is -0.133. The van der Waals surface area contributed by atoms with Crippen molar-refractivity contribution in [2.45, 2.75) is 32.7 Å². The third-order valence-corrected chi connectivity index (χ3v) is 6.26. The zero-order chi connectivity index (χ0) is 20.5. The van der Waals surface area contributed by atoms with Gasteiger partial charge in [-0.1, -0.05) is 28.9 Å². The quantitative estimate of drug-likeness (QED) is 0.765. The fraction of sp³-hybridized carbons (Fsp3) is 0.476. The average Bonchev–Trinajstić information content (AvgIpc) is 3.25. The van der Waals surface area contributed by atoms with Gasteiger partial charge in [0.1, 0.15) is 5.76 Å². The Morgan fingerprint density at radius 1 is 1.17 bits per heavy atom. The molecule has 29 heavy (non-hydrogen) atoms. The summed E-state index contributed by atoms with van der Waals surface area (Å²) in [5.74, 6) is 0.869. The summed E-state index contributed by atoms with van der Waals surface area (Å²) >= 11 is 6.27. The summed E-state index contributed by atoms with van der Waals surface area (Å²) in [6.07, 6.45) is 1.08. The molecule has 0 radical (unpaired) electrons. The summed E-state index contributed by atoms with van der Waals surface area (Å²) in [5, 5.41) is 4.51. The van der Waals surface area contributed by atoms with Gasteiger partial charge in [0.05, 0.1) is 28.9 Å². The van der Waals surface area contributed by atoms with Crippen LogP contribution in [0.3, 0.4) is 0 Å².